The molecule has 2 atom stereocenters. The zero-order valence-corrected chi connectivity index (χ0v) is 15.8. The molecular weight excluding hydrogens is 340 g/mol. The number of aryl methyl sites for hydroxylation is 2. The lowest BCUT2D eigenvalue weighted by Crippen LogP contribution is -2.30. The van der Waals surface area contributed by atoms with Crippen LogP contribution < -0.4 is 10.2 Å². The molecule has 5 heteroatoms. The van der Waals surface area contributed by atoms with Crippen molar-refractivity contribution in [3.63, 3.8) is 0 Å². The van der Waals surface area contributed by atoms with Crippen LogP contribution in [-0.2, 0) is 6.54 Å². The van der Waals surface area contributed by atoms with E-state index in [9.17, 15) is 0 Å². The summed E-state index contributed by atoms with van der Waals surface area (Å²) >= 11 is 5.74. The van der Waals surface area contributed by atoms with Crippen LogP contribution in [0.3, 0.4) is 0 Å². The molecule has 0 aliphatic carbocycles. The molecule has 26 heavy (non-hydrogen) atoms. The van der Waals surface area contributed by atoms with Crippen LogP contribution in [0, 0.1) is 6.92 Å². The van der Waals surface area contributed by atoms with Gasteiger partial charge in [0.05, 0.1) is 11.7 Å². The Balaban J connectivity index is 1.84. The smallest absolute Gasteiger partial charge is 0.174 e. The number of hydrogen-bond acceptors (Lipinski definition) is 2. The maximum Gasteiger partial charge on any atom is 0.174 e. The highest BCUT2D eigenvalue weighted by atomic mass is 32.1. The van der Waals surface area contributed by atoms with Crippen molar-refractivity contribution < 1.29 is 0 Å². The fourth-order valence-electron chi connectivity index (χ4n) is 3.62. The van der Waals surface area contributed by atoms with Gasteiger partial charge in [-0.25, -0.2) is 0 Å². The van der Waals surface area contributed by atoms with Crippen LogP contribution in [0.15, 0.2) is 67.0 Å². The first-order valence-electron chi connectivity index (χ1n) is 8.91. The maximum atomic E-state index is 5.74. The van der Waals surface area contributed by atoms with E-state index in [0.29, 0.717) is 0 Å². The Labute approximate surface area is 159 Å². The van der Waals surface area contributed by atoms with E-state index in [1.54, 1.807) is 0 Å². The Kier molecular flexibility index (Phi) is 4.47. The maximum absolute atomic E-state index is 5.74. The van der Waals surface area contributed by atoms with Crippen LogP contribution >= 0.6 is 12.2 Å². The molecule has 0 radical (unpaired) electrons. The monoisotopic (exact) mass is 362 g/mol. The SMILES string of the molecule is CCn1cccc1[C@H]1[C@@H](c2ccccn2)NC(=S)N1c1ccc(C)cc1. The van der Waals surface area contributed by atoms with Gasteiger partial charge in [-0.15, -0.1) is 0 Å². The molecule has 2 aromatic heterocycles. The van der Waals surface area contributed by atoms with E-state index in [4.69, 9.17) is 12.2 Å². The molecule has 1 fully saturated rings. The summed E-state index contributed by atoms with van der Waals surface area (Å²) in [5.41, 5.74) is 4.57. The van der Waals surface area contributed by atoms with Crippen LogP contribution in [0.2, 0.25) is 0 Å². The summed E-state index contributed by atoms with van der Waals surface area (Å²) in [4.78, 5) is 6.81. The minimum atomic E-state index is 0.00482. The summed E-state index contributed by atoms with van der Waals surface area (Å²) in [6, 6.07) is 18.9. The molecule has 3 heterocycles. The second-order valence-electron chi connectivity index (χ2n) is 6.55. The fraction of sp³-hybridized carbons (Fsp3) is 0.238. The van der Waals surface area contributed by atoms with Gasteiger partial charge < -0.3 is 14.8 Å². The van der Waals surface area contributed by atoms with Gasteiger partial charge in [0.15, 0.2) is 5.11 Å². The van der Waals surface area contributed by atoms with Crippen molar-refractivity contribution >= 4 is 23.0 Å². The van der Waals surface area contributed by atoms with Gasteiger partial charge in [0.2, 0.25) is 0 Å². The number of nitrogens with zero attached hydrogens (tertiary/aromatic N) is 3. The van der Waals surface area contributed by atoms with E-state index in [-0.39, 0.29) is 12.1 Å². The van der Waals surface area contributed by atoms with Gasteiger partial charge in [0.1, 0.15) is 6.04 Å². The van der Waals surface area contributed by atoms with E-state index in [1.165, 1.54) is 11.3 Å². The summed E-state index contributed by atoms with van der Waals surface area (Å²) in [7, 11) is 0. The molecule has 1 saturated heterocycles. The molecule has 1 N–H and O–H groups in total. The van der Waals surface area contributed by atoms with E-state index >= 15 is 0 Å². The van der Waals surface area contributed by atoms with Gasteiger partial charge in [-0.05, 0) is 62.5 Å². The normalized spacial score (nSPS) is 19.6. The van der Waals surface area contributed by atoms with E-state index < -0.39 is 0 Å². The average Bonchev–Trinajstić information content (AvgIpc) is 3.27. The molecular formula is C21H22N4S. The minimum Gasteiger partial charge on any atom is -0.351 e. The second kappa shape index (κ2) is 6.92. The van der Waals surface area contributed by atoms with Crippen molar-refractivity contribution in [3.8, 4) is 0 Å². The molecule has 3 aromatic rings. The zero-order valence-electron chi connectivity index (χ0n) is 15.0. The highest BCUT2D eigenvalue weighted by Gasteiger charge is 2.41. The first-order valence-corrected chi connectivity index (χ1v) is 9.32. The third-order valence-electron chi connectivity index (χ3n) is 4.92. The number of thiocarbonyl (C=S) groups is 1. The van der Waals surface area contributed by atoms with Crippen LogP contribution in [0.5, 0.6) is 0 Å². The van der Waals surface area contributed by atoms with Gasteiger partial charge in [-0.1, -0.05) is 23.8 Å². The average molecular weight is 363 g/mol. The van der Waals surface area contributed by atoms with Gasteiger partial charge in [-0.2, -0.15) is 0 Å². The zero-order chi connectivity index (χ0) is 18.1. The highest BCUT2D eigenvalue weighted by Crippen LogP contribution is 2.41. The van der Waals surface area contributed by atoms with Crippen LogP contribution in [0.25, 0.3) is 0 Å². The molecule has 0 unspecified atom stereocenters. The van der Waals surface area contributed by atoms with Crippen molar-refractivity contribution in [2.75, 3.05) is 4.90 Å². The van der Waals surface area contributed by atoms with Gasteiger partial charge in [0.25, 0.3) is 0 Å². The number of aromatic nitrogens is 2. The van der Waals surface area contributed by atoms with Gasteiger partial charge in [-0.3, -0.25) is 4.98 Å². The lowest BCUT2D eigenvalue weighted by molar-refractivity contribution is 0.529. The molecule has 1 aliphatic rings. The number of pyridine rings is 1. The molecule has 132 valence electrons. The molecule has 0 spiro atoms. The van der Waals surface area contributed by atoms with Gasteiger partial charge >= 0.3 is 0 Å². The number of rotatable bonds is 4. The van der Waals surface area contributed by atoms with Crippen molar-refractivity contribution in [1.82, 2.24) is 14.9 Å². The molecule has 1 aromatic carbocycles. The number of hydrogen-bond donors (Lipinski definition) is 1. The standard InChI is InChI=1S/C21H22N4S/c1-3-24-14-6-8-18(24)20-19(17-7-4-5-13-22-17)23-21(26)25(20)16-11-9-15(2)10-12-16/h4-14,19-20H,3H2,1-2H3,(H,23,26)/t19-,20+/m1/s1. The van der Waals surface area contributed by atoms with Crippen molar-refractivity contribution in [2.24, 2.45) is 0 Å². The molecule has 0 amide bonds. The summed E-state index contributed by atoms with van der Waals surface area (Å²) in [5.74, 6) is 0. The number of benzene rings is 1. The van der Waals surface area contributed by atoms with Gasteiger partial charge in [0, 0.05) is 30.3 Å². The van der Waals surface area contributed by atoms with Crippen molar-refractivity contribution in [1.29, 1.82) is 0 Å². The third kappa shape index (κ3) is 2.88. The quantitative estimate of drug-likeness (QED) is 0.698. The van der Waals surface area contributed by atoms with Crippen molar-refractivity contribution in [3.05, 3.63) is 83.9 Å². The largest absolute Gasteiger partial charge is 0.351 e. The van der Waals surface area contributed by atoms with E-state index in [0.717, 1.165) is 23.0 Å². The summed E-state index contributed by atoms with van der Waals surface area (Å²) in [5, 5.41) is 4.24. The Morgan fingerprint density at radius 2 is 1.88 bits per heavy atom. The minimum absolute atomic E-state index is 0.00482. The Bertz CT molecular complexity index is 901. The molecule has 4 nitrogen and oxygen atoms in total. The first kappa shape index (κ1) is 16.8. The predicted octanol–water partition coefficient (Wildman–Crippen LogP) is 4.39. The Hall–Kier alpha value is -2.66. The molecule has 0 saturated carbocycles. The lowest BCUT2D eigenvalue weighted by atomic mass is 10.0. The van der Waals surface area contributed by atoms with Crippen LogP contribution in [-0.4, -0.2) is 14.7 Å². The highest BCUT2D eigenvalue weighted by molar-refractivity contribution is 7.80. The van der Waals surface area contributed by atoms with E-state index in [1.807, 2.05) is 18.3 Å². The number of anilines is 1. The van der Waals surface area contributed by atoms with Crippen LogP contribution in [0.4, 0.5) is 5.69 Å². The number of nitrogens with one attached hydrogen (secondary N) is 1. The fourth-order valence-corrected chi connectivity index (χ4v) is 3.97. The predicted molar refractivity (Wildman–Crippen MR) is 109 cm³/mol. The summed E-state index contributed by atoms with van der Waals surface area (Å²) in [6.07, 6.45) is 3.96. The second-order valence-corrected chi connectivity index (χ2v) is 6.94. The summed E-state index contributed by atoms with van der Waals surface area (Å²) in [6.45, 7) is 5.18. The van der Waals surface area contributed by atoms with Crippen LogP contribution in [0.1, 0.15) is 36.0 Å². The molecule has 0 bridgehead atoms. The molecule has 4 rings (SSSR count). The first-order chi connectivity index (χ1) is 12.7. The Morgan fingerprint density at radius 1 is 1.08 bits per heavy atom. The topological polar surface area (TPSA) is 33.1 Å². The summed E-state index contributed by atoms with van der Waals surface area (Å²) < 4.78 is 2.28. The van der Waals surface area contributed by atoms with E-state index in [2.05, 4.69) is 82.3 Å². The van der Waals surface area contributed by atoms with Crippen molar-refractivity contribution in [2.45, 2.75) is 32.5 Å². The third-order valence-corrected chi connectivity index (χ3v) is 5.23. The Morgan fingerprint density at radius 3 is 2.58 bits per heavy atom. The molecule has 1 aliphatic heterocycles. The lowest BCUT2D eigenvalue weighted by Gasteiger charge is -2.28.